The van der Waals surface area contributed by atoms with E-state index in [-0.39, 0.29) is 36.8 Å². The molecule has 3 heterocycles. The van der Waals surface area contributed by atoms with E-state index in [1.165, 1.54) is 17.0 Å². The van der Waals surface area contributed by atoms with Crippen LogP contribution in [-0.4, -0.2) is 85.3 Å². The van der Waals surface area contributed by atoms with E-state index in [9.17, 15) is 27.6 Å². The number of para-hydroxylation sites is 1. The second-order valence-corrected chi connectivity index (χ2v) is 17.7. The van der Waals surface area contributed by atoms with E-state index in [4.69, 9.17) is 21.2 Å². The van der Waals surface area contributed by atoms with Crippen LogP contribution >= 0.6 is 11.6 Å². The lowest BCUT2D eigenvalue weighted by Gasteiger charge is -2.30. The first-order valence-electron chi connectivity index (χ1n) is 19.6. The van der Waals surface area contributed by atoms with Crippen molar-refractivity contribution < 1.29 is 37.2 Å². The summed E-state index contributed by atoms with van der Waals surface area (Å²) in [4.78, 5) is 63.9. The van der Waals surface area contributed by atoms with Crippen LogP contribution in [0.15, 0.2) is 71.2 Å². The number of anilines is 1. The van der Waals surface area contributed by atoms with Crippen molar-refractivity contribution in [1.29, 1.82) is 0 Å². The van der Waals surface area contributed by atoms with Gasteiger partial charge in [-0.05, 0) is 69.2 Å². The van der Waals surface area contributed by atoms with Gasteiger partial charge in [-0.2, -0.15) is 0 Å². The normalized spacial score (nSPS) is 29.9. The first-order valence-corrected chi connectivity index (χ1v) is 21.4. The number of hydrogen-bond acceptors (Lipinski definition) is 10. The van der Waals surface area contributed by atoms with Gasteiger partial charge in [0.05, 0.1) is 17.9 Å². The van der Waals surface area contributed by atoms with Crippen LogP contribution in [0.3, 0.4) is 0 Å². The van der Waals surface area contributed by atoms with Crippen molar-refractivity contribution in [2.45, 2.75) is 118 Å². The molecule has 0 bridgehead atoms. The summed E-state index contributed by atoms with van der Waals surface area (Å²) in [5.41, 5.74) is -1.05. The van der Waals surface area contributed by atoms with Gasteiger partial charge in [0.15, 0.2) is 5.60 Å². The van der Waals surface area contributed by atoms with Crippen molar-refractivity contribution in [3.8, 4) is 0 Å². The minimum Gasteiger partial charge on any atom is -0.446 e. The molecule has 2 saturated carbocycles. The molecule has 4 amide bonds. The van der Waals surface area contributed by atoms with Gasteiger partial charge in [0.2, 0.25) is 11.8 Å². The van der Waals surface area contributed by atoms with Crippen molar-refractivity contribution in [1.82, 2.24) is 20.3 Å². The predicted octanol–water partition coefficient (Wildman–Crippen LogP) is 5.17. The Kier molecular flexibility index (Phi) is 11.6. The molecule has 16 heteroatoms. The second kappa shape index (κ2) is 16.5. The highest BCUT2D eigenvalue weighted by molar-refractivity contribution is 7.90. The molecular weight excluding hydrogens is 760 g/mol. The summed E-state index contributed by atoms with van der Waals surface area (Å²) in [5, 5.41) is 13.7. The molecule has 2 aliphatic carbocycles. The monoisotopic (exact) mass is 808 g/mol. The van der Waals surface area contributed by atoms with Crippen LogP contribution in [0.1, 0.15) is 89.0 Å². The molecule has 2 aromatic carbocycles. The lowest BCUT2D eigenvalue weighted by Crippen LogP contribution is -2.58. The number of ether oxygens (including phenoxy) is 1. The average Bonchev–Trinajstić information content (AvgIpc) is 3.52. The molecule has 0 aromatic heterocycles. The molecule has 14 nitrogen and oxygen atoms in total. The summed E-state index contributed by atoms with van der Waals surface area (Å²) >= 11 is 6.28. The summed E-state index contributed by atoms with van der Waals surface area (Å²) in [6.45, 7) is 4.29. The SMILES string of the molecule is C=C[C@@H]1C[C@@]12NC(=O)[C@@H]1CC3(CC(c4cccc(Cl)c4)=NO3)CN1C(=O)[C@@H](NC(=O)OC1CCCC1)CCCCCCCNc1ccccc1S(=O)(=O)NC2=O. The largest absolute Gasteiger partial charge is 0.446 e. The van der Waals surface area contributed by atoms with E-state index in [0.29, 0.717) is 35.8 Å². The number of sulfonamides is 1. The molecule has 7 rings (SSSR count). The molecule has 4 N–H and O–H groups in total. The number of oxime groups is 1. The van der Waals surface area contributed by atoms with Gasteiger partial charge in [0, 0.05) is 35.9 Å². The first-order chi connectivity index (χ1) is 26.9. The van der Waals surface area contributed by atoms with Gasteiger partial charge in [-0.1, -0.05) is 72.8 Å². The Morgan fingerprint density at radius 1 is 1.00 bits per heavy atom. The average molecular weight is 809 g/mol. The fraction of sp³-hybridized carbons (Fsp3) is 0.525. The van der Waals surface area contributed by atoms with E-state index in [1.54, 1.807) is 36.4 Å². The van der Waals surface area contributed by atoms with Crippen LogP contribution < -0.4 is 20.7 Å². The first kappa shape index (κ1) is 39.6. The number of amides is 4. The maximum atomic E-state index is 14.7. The molecule has 5 aliphatic rings. The summed E-state index contributed by atoms with van der Waals surface area (Å²) in [5.74, 6) is -2.65. The molecule has 0 radical (unpaired) electrons. The Labute approximate surface area is 332 Å². The van der Waals surface area contributed by atoms with Crippen LogP contribution in [0.25, 0.3) is 0 Å². The highest BCUT2D eigenvalue weighted by atomic mass is 35.5. The molecular formula is C40H49ClN6O8S. The lowest BCUT2D eigenvalue weighted by atomic mass is 9.91. The number of carbonyl (C=O) groups is 4. The Hall–Kier alpha value is -4.63. The summed E-state index contributed by atoms with van der Waals surface area (Å²) in [6.07, 6.45) is 8.57. The van der Waals surface area contributed by atoms with Crippen LogP contribution in [0.4, 0.5) is 10.5 Å². The fourth-order valence-electron chi connectivity index (χ4n) is 8.42. The maximum absolute atomic E-state index is 14.7. The van der Waals surface area contributed by atoms with Crippen LogP contribution in [0, 0.1) is 5.92 Å². The van der Waals surface area contributed by atoms with Gasteiger partial charge in [0.25, 0.3) is 15.9 Å². The zero-order chi connectivity index (χ0) is 39.5. The third-order valence-corrected chi connectivity index (χ3v) is 13.2. The highest BCUT2D eigenvalue weighted by Gasteiger charge is 2.63. The summed E-state index contributed by atoms with van der Waals surface area (Å²) in [7, 11) is -4.38. The van der Waals surface area contributed by atoms with Crippen LogP contribution in [0.5, 0.6) is 0 Å². The number of fused-ring (bicyclic) bond motifs is 2. The quantitative estimate of drug-likeness (QED) is 0.303. The van der Waals surface area contributed by atoms with Gasteiger partial charge in [-0.15, -0.1) is 6.58 Å². The number of nitrogens with one attached hydrogen (secondary N) is 4. The number of benzene rings is 2. The van der Waals surface area contributed by atoms with Gasteiger partial charge in [0.1, 0.15) is 28.6 Å². The number of alkyl carbamates (subject to hydrolysis) is 1. The second-order valence-electron chi connectivity index (χ2n) is 15.6. The number of halogens is 1. The number of rotatable bonds is 4. The Bertz CT molecular complexity index is 2010. The van der Waals surface area contributed by atoms with Crippen LogP contribution in [0.2, 0.25) is 5.02 Å². The Balaban J connectivity index is 1.20. The van der Waals surface area contributed by atoms with E-state index in [0.717, 1.165) is 56.9 Å². The predicted molar refractivity (Wildman–Crippen MR) is 209 cm³/mol. The summed E-state index contributed by atoms with van der Waals surface area (Å²) in [6, 6.07) is 11.3. The van der Waals surface area contributed by atoms with Gasteiger partial charge in [-0.25, -0.2) is 17.9 Å². The molecule has 3 aliphatic heterocycles. The third-order valence-electron chi connectivity index (χ3n) is 11.6. The zero-order valence-electron chi connectivity index (χ0n) is 31.3. The molecule has 1 saturated heterocycles. The molecule has 5 atom stereocenters. The zero-order valence-corrected chi connectivity index (χ0v) is 32.8. The molecule has 56 heavy (non-hydrogen) atoms. The molecule has 300 valence electrons. The van der Waals surface area contributed by atoms with E-state index in [1.807, 2.05) is 6.07 Å². The number of carbonyl (C=O) groups excluding carboxylic acids is 4. The standard InChI is InChI=1S/C40H49ClN6O8S/c1-2-27-22-40(27)37(50)46-56(52,53)34-19-10-9-17-30(34)42-20-11-5-3-4-6-18-31(43-38(51)54-29-15-7-8-16-29)36(49)47-25-39(24-33(47)35(48)44-40)23-32(45-55-39)26-13-12-14-28(41)21-26/h2,9-10,12-14,17,19,21,27,29,31,33,42H,1,3-8,11,15-16,18,20,22-25H2,(H,43,51)(H,44,48)(H,46,50)/t27-,31+,33+,39?,40-/m1/s1. The van der Waals surface area contributed by atoms with E-state index < -0.39 is 63.0 Å². The minimum atomic E-state index is -4.38. The number of hydrogen-bond donors (Lipinski definition) is 4. The van der Waals surface area contributed by atoms with Crippen molar-refractivity contribution in [3.05, 3.63) is 71.8 Å². The van der Waals surface area contributed by atoms with E-state index in [2.05, 4.69) is 32.4 Å². The molecule has 2 spiro atoms. The van der Waals surface area contributed by atoms with Gasteiger partial charge < -0.3 is 30.4 Å². The highest BCUT2D eigenvalue weighted by Crippen LogP contribution is 2.46. The van der Waals surface area contributed by atoms with E-state index >= 15 is 0 Å². The van der Waals surface area contributed by atoms with Crippen molar-refractivity contribution in [2.24, 2.45) is 11.1 Å². The van der Waals surface area contributed by atoms with Crippen LogP contribution in [-0.2, 0) is 34.0 Å². The van der Waals surface area contributed by atoms with Crippen molar-refractivity contribution in [2.75, 3.05) is 18.4 Å². The van der Waals surface area contributed by atoms with Gasteiger partial charge >= 0.3 is 6.09 Å². The molecule has 1 unspecified atom stereocenters. The third kappa shape index (κ3) is 8.53. The maximum Gasteiger partial charge on any atom is 0.408 e. The topological polar surface area (TPSA) is 185 Å². The lowest BCUT2D eigenvalue weighted by molar-refractivity contribution is -0.141. The fourth-order valence-corrected chi connectivity index (χ4v) is 9.84. The van der Waals surface area contributed by atoms with Crippen molar-refractivity contribution >= 4 is 56.8 Å². The summed E-state index contributed by atoms with van der Waals surface area (Å²) < 4.78 is 35.4. The molecule has 3 fully saturated rings. The Morgan fingerprint density at radius 3 is 2.52 bits per heavy atom. The Morgan fingerprint density at radius 2 is 1.75 bits per heavy atom. The minimum absolute atomic E-state index is 0.0190. The van der Waals surface area contributed by atoms with Gasteiger partial charge in [-0.3, -0.25) is 14.4 Å². The molecule has 2 aromatic rings. The van der Waals surface area contributed by atoms with Crippen molar-refractivity contribution in [3.63, 3.8) is 0 Å². The number of nitrogens with zero attached hydrogens (tertiary/aromatic N) is 2. The smallest absolute Gasteiger partial charge is 0.408 e.